The van der Waals surface area contributed by atoms with Gasteiger partial charge >= 0.3 is 6.29 Å². The van der Waals surface area contributed by atoms with E-state index in [1.807, 2.05) is 19.2 Å². The van der Waals surface area contributed by atoms with Gasteiger partial charge in [0.05, 0.1) is 6.10 Å². The predicted molar refractivity (Wildman–Crippen MR) is 75.1 cm³/mol. The molecule has 3 aliphatic rings. The van der Waals surface area contributed by atoms with Gasteiger partial charge in [-0.25, -0.2) is 0 Å². The minimum absolute atomic E-state index is 0.0628. The first-order valence-corrected chi connectivity index (χ1v) is 7.38. The van der Waals surface area contributed by atoms with E-state index in [-0.39, 0.29) is 23.0 Å². The van der Waals surface area contributed by atoms with Gasteiger partial charge in [-0.1, -0.05) is 18.2 Å². The van der Waals surface area contributed by atoms with Crippen molar-refractivity contribution in [2.75, 3.05) is 13.6 Å². The zero-order valence-electron chi connectivity index (χ0n) is 12.1. The molecule has 1 aromatic carbocycles. The van der Waals surface area contributed by atoms with Crippen molar-refractivity contribution in [3.63, 3.8) is 0 Å². The van der Waals surface area contributed by atoms with Gasteiger partial charge in [-0.15, -0.1) is 8.78 Å². The maximum absolute atomic E-state index is 13.2. The molecule has 22 heavy (non-hydrogen) atoms. The minimum Gasteiger partial charge on any atom is -0.395 e. The Balaban J connectivity index is 1.77. The number of hydrogen-bond acceptors (Lipinski definition) is 4. The molecule has 0 spiro atoms. The van der Waals surface area contributed by atoms with Crippen LogP contribution in [0, 0.1) is 0 Å². The Kier molecular flexibility index (Phi) is 2.81. The summed E-state index contributed by atoms with van der Waals surface area (Å²) in [7, 11) is 2.03. The summed E-state index contributed by atoms with van der Waals surface area (Å²) in [5.41, 5.74) is 0.648. The van der Waals surface area contributed by atoms with Crippen LogP contribution in [0.25, 0.3) is 0 Å². The molecule has 0 saturated carbocycles. The lowest BCUT2D eigenvalue weighted by Gasteiger charge is -2.39. The quantitative estimate of drug-likeness (QED) is 0.808. The van der Waals surface area contributed by atoms with Crippen LogP contribution in [0.1, 0.15) is 18.4 Å². The molecule has 1 aliphatic carbocycles. The Morgan fingerprint density at radius 1 is 1.27 bits per heavy atom. The lowest BCUT2D eigenvalue weighted by atomic mass is 9.69. The van der Waals surface area contributed by atoms with E-state index in [1.165, 1.54) is 6.07 Å². The van der Waals surface area contributed by atoms with Crippen molar-refractivity contribution in [3.8, 4) is 11.5 Å². The van der Waals surface area contributed by atoms with E-state index in [0.717, 1.165) is 18.5 Å². The number of halogens is 2. The second-order valence-electron chi connectivity index (χ2n) is 6.28. The van der Waals surface area contributed by atoms with Gasteiger partial charge in [0.15, 0.2) is 11.5 Å². The summed E-state index contributed by atoms with van der Waals surface area (Å²) in [4.78, 5) is 2.21. The van der Waals surface area contributed by atoms with E-state index in [1.54, 1.807) is 12.1 Å². The van der Waals surface area contributed by atoms with Crippen molar-refractivity contribution in [1.29, 1.82) is 0 Å². The average molecular weight is 309 g/mol. The van der Waals surface area contributed by atoms with Crippen LogP contribution in [-0.2, 0) is 5.41 Å². The van der Waals surface area contributed by atoms with E-state index < -0.39 is 12.4 Å². The highest BCUT2D eigenvalue weighted by molar-refractivity contribution is 5.50. The molecule has 1 fully saturated rings. The van der Waals surface area contributed by atoms with Crippen LogP contribution < -0.4 is 9.47 Å². The maximum Gasteiger partial charge on any atom is 0.586 e. The van der Waals surface area contributed by atoms with Crippen molar-refractivity contribution in [2.45, 2.75) is 36.7 Å². The third-order valence-corrected chi connectivity index (χ3v) is 5.02. The van der Waals surface area contributed by atoms with Gasteiger partial charge in [-0.2, -0.15) is 0 Å². The largest absolute Gasteiger partial charge is 0.586 e. The molecule has 4 nitrogen and oxygen atoms in total. The molecule has 0 bridgehead atoms. The fourth-order valence-corrected chi connectivity index (χ4v) is 3.92. The summed E-state index contributed by atoms with van der Waals surface area (Å²) < 4.78 is 35.4. The zero-order valence-corrected chi connectivity index (χ0v) is 12.1. The van der Waals surface area contributed by atoms with Crippen molar-refractivity contribution in [1.82, 2.24) is 4.90 Å². The molecular weight excluding hydrogens is 292 g/mol. The fraction of sp³-hybridized carbons (Fsp3) is 0.500. The Morgan fingerprint density at radius 3 is 2.86 bits per heavy atom. The first-order chi connectivity index (χ1) is 10.4. The number of likely N-dealkylation sites (tertiary alicyclic amines) is 1. The summed E-state index contributed by atoms with van der Waals surface area (Å²) in [6.45, 7) is 0.895. The number of aliphatic hydroxyl groups excluding tert-OH is 1. The Morgan fingerprint density at radius 2 is 2.05 bits per heavy atom. The number of benzene rings is 1. The molecule has 0 radical (unpaired) electrons. The lowest BCUT2D eigenvalue weighted by Crippen LogP contribution is -2.44. The number of ether oxygens (including phenoxy) is 2. The van der Waals surface area contributed by atoms with Crippen molar-refractivity contribution in [3.05, 3.63) is 35.9 Å². The molecule has 0 amide bonds. The normalized spacial score (nSPS) is 35.6. The average Bonchev–Trinajstić information content (AvgIpc) is 2.95. The monoisotopic (exact) mass is 309 g/mol. The van der Waals surface area contributed by atoms with Crippen LogP contribution in [0.5, 0.6) is 11.5 Å². The van der Waals surface area contributed by atoms with Gasteiger partial charge in [-0.05, 0) is 44.1 Å². The van der Waals surface area contributed by atoms with Crippen LogP contribution in [0.2, 0.25) is 0 Å². The van der Waals surface area contributed by atoms with Crippen molar-refractivity contribution < 1.29 is 23.4 Å². The van der Waals surface area contributed by atoms with Gasteiger partial charge in [0.25, 0.3) is 0 Å². The number of alkyl halides is 2. The molecule has 4 rings (SSSR count). The molecule has 2 heterocycles. The molecule has 2 aliphatic heterocycles. The highest BCUT2D eigenvalue weighted by Gasteiger charge is 2.49. The topological polar surface area (TPSA) is 41.9 Å². The molecule has 6 heteroatoms. The van der Waals surface area contributed by atoms with Crippen LogP contribution in [0.4, 0.5) is 8.78 Å². The Labute approximate surface area is 126 Å². The molecule has 1 aromatic rings. The van der Waals surface area contributed by atoms with E-state index in [4.69, 9.17) is 0 Å². The second-order valence-corrected chi connectivity index (χ2v) is 6.28. The molecule has 1 saturated heterocycles. The molecule has 118 valence electrons. The summed E-state index contributed by atoms with van der Waals surface area (Å²) in [6, 6.07) is 5.14. The lowest BCUT2D eigenvalue weighted by molar-refractivity contribution is -0.286. The Bertz CT molecular complexity index is 648. The van der Waals surface area contributed by atoms with E-state index in [0.29, 0.717) is 6.42 Å². The molecular formula is C16H17F2NO3. The predicted octanol–water partition coefficient (Wildman–Crippen LogP) is 2.27. The number of hydrogen-bond donors (Lipinski definition) is 1. The molecule has 0 aromatic heterocycles. The first-order valence-electron chi connectivity index (χ1n) is 7.38. The van der Waals surface area contributed by atoms with E-state index in [9.17, 15) is 13.9 Å². The van der Waals surface area contributed by atoms with Gasteiger partial charge in [-0.3, -0.25) is 0 Å². The fourth-order valence-electron chi connectivity index (χ4n) is 3.92. The standard InChI is InChI=1S/C16H17F2NO3/c1-19-7-6-15(5-4-11(20)9-14(15)19)10-2-3-12-13(8-10)22-16(17,18)21-12/h2-5,8,11,14,20H,6-7,9H2,1H3/t11-,14-,15-/m0/s1. The molecule has 0 unspecified atom stereocenters. The van der Waals surface area contributed by atoms with Gasteiger partial charge in [0.2, 0.25) is 0 Å². The SMILES string of the molecule is CN1CC[C@]2(c3ccc4c(c3)OC(F)(F)O4)C=C[C@H](O)C[C@H]12. The third-order valence-electron chi connectivity index (χ3n) is 5.02. The first kappa shape index (κ1) is 14.0. The third kappa shape index (κ3) is 1.94. The van der Waals surface area contributed by atoms with Gasteiger partial charge < -0.3 is 19.5 Å². The van der Waals surface area contributed by atoms with Crippen LogP contribution in [0.15, 0.2) is 30.4 Å². The zero-order chi connectivity index (χ0) is 15.5. The highest BCUT2D eigenvalue weighted by atomic mass is 19.3. The number of rotatable bonds is 1. The van der Waals surface area contributed by atoms with Crippen LogP contribution in [-0.4, -0.2) is 42.0 Å². The van der Waals surface area contributed by atoms with E-state index >= 15 is 0 Å². The van der Waals surface area contributed by atoms with Gasteiger partial charge in [0.1, 0.15) is 0 Å². The summed E-state index contributed by atoms with van der Waals surface area (Å²) in [5, 5.41) is 9.90. The number of nitrogens with zero attached hydrogens (tertiary/aromatic N) is 1. The smallest absolute Gasteiger partial charge is 0.395 e. The minimum atomic E-state index is -3.59. The number of aliphatic hydroxyl groups is 1. The highest BCUT2D eigenvalue weighted by Crippen LogP contribution is 2.49. The Hall–Kier alpha value is -1.66. The second kappa shape index (κ2) is 4.43. The summed E-state index contributed by atoms with van der Waals surface area (Å²) in [6.07, 6.45) is 1.28. The number of likely N-dealkylation sites (N-methyl/N-ethyl adjacent to an activating group) is 1. The molecule has 1 N–H and O–H groups in total. The van der Waals surface area contributed by atoms with E-state index in [2.05, 4.69) is 14.4 Å². The van der Waals surface area contributed by atoms with Crippen LogP contribution in [0.3, 0.4) is 0 Å². The van der Waals surface area contributed by atoms with Gasteiger partial charge in [0, 0.05) is 11.5 Å². The number of fused-ring (bicyclic) bond motifs is 2. The summed E-state index contributed by atoms with van der Waals surface area (Å²) in [5.74, 6) is 0.137. The molecule has 3 atom stereocenters. The van der Waals surface area contributed by atoms with Crippen molar-refractivity contribution in [2.24, 2.45) is 0 Å². The maximum atomic E-state index is 13.2. The van der Waals surface area contributed by atoms with Crippen LogP contribution >= 0.6 is 0 Å². The summed E-state index contributed by atoms with van der Waals surface area (Å²) >= 11 is 0. The van der Waals surface area contributed by atoms with Crippen molar-refractivity contribution >= 4 is 0 Å².